The standard InChI is InChI=1S/C18H24N2O3S/c1-15-6-8-17(9-7-15)24(22,23)20-12-10-19(11-13-20)18(21)14-16-4-2-3-5-16/h2,4,6-9,16H,3,5,10-14H2,1H3/t16-/m0/s1. The van der Waals surface area contributed by atoms with E-state index < -0.39 is 10.0 Å². The van der Waals surface area contributed by atoms with Crippen molar-refractivity contribution in [2.24, 2.45) is 5.92 Å². The summed E-state index contributed by atoms with van der Waals surface area (Å²) in [6, 6.07) is 6.91. The van der Waals surface area contributed by atoms with E-state index in [0.717, 1.165) is 18.4 Å². The van der Waals surface area contributed by atoms with Gasteiger partial charge in [-0.2, -0.15) is 4.31 Å². The molecule has 24 heavy (non-hydrogen) atoms. The first-order valence-corrected chi connectivity index (χ1v) is 9.92. The fraction of sp³-hybridized carbons (Fsp3) is 0.500. The zero-order valence-corrected chi connectivity index (χ0v) is 14.8. The highest BCUT2D eigenvalue weighted by molar-refractivity contribution is 7.89. The Morgan fingerprint density at radius 3 is 2.38 bits per heavy atom. The summed E-state index contributed by atoms with van der Waals surface area (Å²) in [7, 11) is -3.47. The maximum atomic E-state index is 12.7. The van der Waals surface area contributed by atoms with E-state index in [1.54, 1.807) is 17.0 Å². The van der Waals surface area contributed by atoms with E-state index in [4.69, 9.17) is 0 Å². The minimum Gasteiger partial charge on any atom is -0.340 e. The predicted octanol–water partition coefficient (Wildman–Crippen LogP) is 2.18. The van der Waals surface area contributed by atoms with E-state index in [-0.39, 0.29) is 5.91 Å². The van der Waals surface area contributed by atoms with Crippen LogP contribution in [0, 0.1) is 12.8 Å². The molecule has 1 aromatic carbocycles. The van der Waals surface area contributed by atoms with Gasteiger partial charge in [0.2, 0.25) is 15.9 Å². The van der Waals surface area contributed by atoms with Crippen molar-refractivity contribution in [1.29, 1.82) is 0 Å². The molecule has 0 bridgehead atoms. The molecule has 1 heterocycles. The smallest absolute Gasteiger partial charge is 0.243 e. The minimum absolute atomic E-state index is 0.138. The molecule has 1 fully saturated rings. The number of amides is 1. The first-order valence-electron chi connectivity index (χ1n) is 8.48. The van der Waals surface area contributed by atoms with Crippen LogP contribution in [0.4, 0.5) is 0 Å². The van der Waals surface area contributed by atoms with Crippen molar-refractivity contribution >= 4 is 15.9 Å². The molecule has 1 aliphatic carbocycles. The van der Waals surface area contributed by atoms with Crippen molar-refractivity contribution in [3.05, 3.63) is 42.0 Å². The molecule has 1 aromatic rings. The third-order valence-corrected chi connectivity index (χ3v) is 6.71. The molecule has 0 N–H and O–H groups in total. The summed E-state index contributed by atoms with van der Waals surface area (Å²) in [6.45, 7) is 3.60. The van der Waals surface area contributed by atoms with Gasteiger partial charge in [0.25, 0.3) is 0 Å². The molecule has 1 saturated heterocycles. The summed E-state index contributed by atoms with van der Waals surface area (Å²) in [5.41, 5.74) is 1.03. The fourth-order valence-electron chi connectivity index (χ4n) is 3.26. The number of allylic oxidation sites excluding steroid dienone is 2. The molecule has 1 atom stereocenters. The van der Waals surface area contributed by atoms with Gasteiger partial charge < -0.3 is 4.90 Å². The van der Waals surface area contributed by atoms with Crippen LogP contribution >= 0.6 is 0 Å². The van der Waals surface area contributed by atoms with Gasteiger partial charge in [-0.05, 0) is 37.8 Å². The highest BCUT2D eigenvalue weighted by Gasteiger charge is 2.30. The number of sulfonamides is 1. The van der Waals surface area contributed by atoms with E-state index in [9.17, 15) is 13.2 Å². The van der Waals surface area contributed by atoms with Gasteiger partial charge >= 0.3 is 0 Å². The molecule has 1 aliphatic heterocycles. The number of piperazine rings is 1. The number of benzene rings is 1. The van der Waals surface area contributed by atoms with Gasteiger partial charge in [0.05, 0.1) is 4.90 Å². The Kier molecular flexibility index (Phi) is 5.06. The molecular formula is C18H24N2O3S. The number of hydrogen-bond donors (Lipinski definition) is 0. The molecule has 6 heteroatoms. The Morgan fingerprint density at radius 2 is 1.79 bits per heavy atom. The van der Waals surface area contributed by atoms with E-state index in [0.29, 0.717) is 43.4 Å². The average Bonchev–Trinajstić information content (AvgIpc) is 3.08. The molecule has 0 spiro atoms. The van der Waals surface area contributed by atoms with Crippen LogP contribution in [0.1, 0.15) is 24.8 Å². The Labute approximate surface area is 144 Å². The van der Waals surface area contributed by atoms with Crippen LogP contribution in [0.15, 0.2) is 41.3 Å². The van der Waals surface area contributed by atoms with Gasteiger partial charge in [-0.3, -0.25) is 4.79 Å². The molecule has 0 saturated carbocycles. The van der Waals surface area contributed by atoms with Crippen molar-refractivity contribution in [3.63, 3.8) is 0 Å². The third-order valence-electron chi connectivity index (χ3n) is 4.80. The van der Waals surface area contributed by atoms with E-state index >= 15 is 0 Å². The molecule has 1 amide bonds. The number of carbonyl (C=O) groups is 1. The van der Waals surface area contributed by atoms with Crippen molar-refractivity contribution in [3.8, 4) is 0 Å². The fourth-order valence-corrected chi connectivity index (χ4v) is 4.68. The normalized spacial score (nSPS) is 22.0. The lowest BCUT2D eigenvalue weighted by molar-refractivity contribution is -0.133. The lowest BCUT2D eigenvalue weighted by Crippen LogP contribution is -2.50. The van der Waals surface area contributed by atoms with Gasteiger partial charge in [-0.25, -0.2) is 8.42 Å². The van der Waals surface area contributed by atoms with E-state index in [1.807, 2.05) is 19.1 Å². The Morgan fingerprint density at radius 1 is 1.12 bits per heavy atom. The number of rotatable bonds is 4. The van der Waals surface area contributed by atoms with Crippen LogP contribution in [0.3, 0.4) is 0 Å². The molecule has 5 nitrogen and oxygen atoms in total. The Hall–Kier alpha value is -1.66. The lowest BCUT2D eigenvalue weighted by atomic mass is 10.0. The summed E-state index contributed by atoms with van der Waals surface area (Å²) in [6.07, 6.45) is 6.90. The Bertz CT molecular complexity index is 717. The monoisotopic (exact) mass is 348 g/mol. The number of carbonyl (C=O) groups excluding carboxylic acids is 1. The molecule has 0 unspecified atom stereocenters. The van der Waals surface area contributed by atoms with Crippen molar-refractivity contribution in [1.82, 2.24) is 9.21 Å². The number of hydrogen-bond acceptors (Lipinski definition) is 3. The maximum Gasteiger partial charge on any atom is 0.243 e. The zero-order chi connectivity index (χ0) is 17.2. The maximum absolute atomic E-state index is 12.7. The molecule has 0 aromatic heterocycles. The minimum atomic E-state index is -3.47. The molecule has 0 radical (unpaired) electrons. The molecule has 3 rings (SSSR count). The topological polar surface area (TPSA) is 57.7 Å². The second kappa shape index (κ2) is 7.07. The van der Waals surface area contributed by atoms with Crippen LogP contribution in [0.5, 0.6) is 0 Å². The van der Waals surface area contributed by atoms with E-state index in [2.05, 4.69) is 12.2 Å². The van der Waals surface area contributed by atoms with Crippen LogP contribution in [0.2, 0.25) is 0 Å². The largest absolute Gasteiger partial charge is 0.340 e. The highest BCUT2D eigenvalue weighted by Crippen LogP contribution is 2.23. The van der Waals surface area contributed by atoms with Crippen molar-refractivity contribution in [2.45, 2.75) is 31.1 Å². The second-order valence-corrected chi connectivity index (χ2v) is 8.51. The van der Waals surface area contributed by atoms with E-state index in [1.165, 1.54) is 4.31 Å². The Balaban J connectivity index is 1.58. The van der Waals surface area contributed by atoms with Crippen molar-refractivity contribution < 1.29 is 13.2 Å². The van der Waals surface area contributed by atoms with Crippen LogP contribution in [0.25, 0.3) is 0 Å². The van der Waals surface area contributed by atoms with Gasteiger partial charge in [0, 0.05) is 32.6 Å². The quantitative estimate of drug-likeness (QED) is 0.784. The summed E-state index contributed by atoms with van der Waals surface area (Å²) in [5, 5.41) is 0. The number of nitrogens with zero attached hydrogens (tertiary/aromatic N) is 2. The SMILES string of the molecule is Cc1ccc(S(=O)(=O)N2CCN(C(=O)C[C@H]3C=CCC3)CC2)cc1. The molecular weight excluding hydrogens is 324 g/mol. The van der Waals surface area contributed by atoms with Crippen LogP contribution in [-0.4, -0.2) is 49.7 Å². The van der Waals surface area contributed by atoms with Crippen LogP contribution in [-0.2, 0) is 14.8 Å². The molecule has 130 valence electrons. The van der Waals surface area contributed by atoms with Gasteiger partial charge in [-0.15, -0.1) is 0 Å². The second-order valence-electron chi connectivity index (χ2n) is 6.57. The predicted molar refractivity (Wildman–Crippen MR) is 93.0 cm³/mol. The summed E-state index contributed by atoms with van der Waals surface area (Å²) >= 11 is 0. The highest BCUT2D eigenvalue weighted by atomic mass is 32.2. The van der Waals surface area contributed by atoms with Crippen LogP contribution < -0.4 is 0 Å². The first kappa shape index (κ1) is 17.2. The summed E-state index contributed by atoms with van der Waals surface area (Å²) in [5.74, 6) is 0.491. The van der Waals surface area contributed by atoms with Gasteiger partial charge in [0.1, 0.15) is 0 Å². The molecule has 2 aliphatic rings. The zero-order valence-electron chi connectivity index (χ0n) is 14.0. The average molecular weight is 348 g/mol. The summed E-state index contributed by atoms with van der Waals surface area (Å²) < 4.78 is 26.8. The first-order chi connectivity index (χ1) is 11.5. The number of aryl methyl sites for hydroxylation is 1. The summed E-state index contributed by atoms with van der Waals surface area (Å²) in [4.78, 5) is 14.5. The van der Waals surface area contributed by atoms with Crippen molar-refractivity contribution in [2.75, 3.05) is 26.2 Å². The third kappa shape index (κ3) is 3.70. The lowest BCUT2D eigenvalue weighted by Gasteiger charge is -2.34. The van der Waals surface area contributed by atoms with Gasteiger partial charge in [0.15, 0.2) is 0 Å². The van der Waals surface area contributed by atoms with Gasteiger partial charge in [-0.1, -0.05) is 29.8 Å².